The number of benzene rings is 3. The molecule has 1 fully saturated rings. The van der Waals surface area contributed by atoms with Crippen LogP contribution in [0.25, 0.3) is 11.1 Å². The highest BCUT2D eigenvalue weighted by Crippen LogP contribution is 2.44. The number of hydrogen-bond acceptors (Lipinski definition) is 5. The SMILES string of the molecule is CC(=O)c1ccc(N2CCN(C(=O)[C@H](CO)NC(=O)C3c4ccccc4-c4ccccc43)CC2)cc1. The lowest BCUT2D eigenvalue weighted by Crippen LogP contribution is -2.56. The predicted octanol–water partition coefficient (Wildman–Crippen LogP) is 2.83. The molecule has 2 aliphatic rings. The van der Waals surface area contributed by atoms with Gasteiger partial charge < -0.3 is 20.2 Å². The van der Waals surface area contributed by atoms with E-state index in [1.54, 1.807) is 11.8 Å². The fourth-order valence-electron chi connectivity index (χ4n) is 5.19. The van der Waals surface area contributed by atoms with Crippen molar-refractivity contribution in [2.45, 2.75) is 18.9 Å². The van der Waals surface area contributed by atoms with E-state index in [-0.39, 0.29) is 17.6 Å². The Hall–Kier alpha value is -3.97. The van der Waals surface area contributed by atoms with Gasteiger partial charge in [0.05, 0.1) is 12.5 Å². The van der Waals surface area contributed by atoms with E-state index in [4.69, 9.17) is 0 Å². The number of anilines is 1. The van der Waals surface area contributed by atoms with Crippen molar-refractivity contribution in [1.29, 1.82) is 0 Å². The van der Waals surface area contributed by atoms with Crippen molar-refractivity contribution >= 4 is 23.3 Å². The van der Waals surface area contributed by atoms with Gasteiger partial charge >= 0.3 is 0 Å². The van der Waals surface area contributed by atoms with Crippen molar-refractivity contribution in [3.8, 4) is 11.1 Å². The van der Waals surface area contributed by atoms with Crippen molar-refractivity contribution < 1.29 is 19.5 Å². The molecule has 0 aromatic heterocycles. The number of Topliss-reactive ketones (excluding diaryl/α,β-unsaturated/α-hetero) is 1. The van der Waals surface area contributed by atoms with Crippen LogP contribution in [0.15, 0.2) is 72.8 Å². The molecule has 1 saturated heterocycles. The van der Waals surface area contributed by atoms with Crippen molar-refractivity contribution in [2.24, 2.45) is 0 Å². The van der Waals surface area contributed by atoms with Gasteiger partial charge in [0.25, 0.3) is 0 Å². The van der Waals surface area contributed by atoms with E-state index in [2.05, 4.69) is 10.2 Å². The number of rotatable bonds is 6. The molecule has 2 N–H and O–H groups in total. The molecule has 36 heavy (non-hydrogen) atoms. The summed E-state index contributed by atoms with van der Waals surface area (Å²) in [6, 6.07) is 22.1. The second kappa shape index (κ2) is 9.95. The largest absolute Gasteiger partial charge is 0.394 e. The Balaban J connectivity index is 1.24. The van der Waals surface area contributed by atoms with Crippen molar-refractivity contribution in [3.05, 3.63) is 89.5 Å². The maximum Gasteiger partial charge on any atom is 0.247 e. The number of piperazine rings is 1. The van der Waals surface area contributed by atoms with Gasteiger partial charge in [-0.15, -0.1) is 0 Å². The molecule has 7 heteroatoms. The third-order valence-corrected chi connectivity index (χ3v) is 7.12. The van der Waals surface area contributed by atoms with E-state index in [0.29, 0.717) is 31.7 Å². The van der Waals surface area contributed by atoms with E-state index < -0.39 is 18.6 Å². The first-order chi connectivity index (χ1) is 17.5. The first-order valence-corrected chi connectivity index (χ1v) is 12.2. The summed E-state index contributed by atoms with van der Waals surface area (Å²) < 4.78 is 0. The fourth-order valence-corrected chi connectivity index (χ4v) is 5.19. The van der Waals surface area contributed by atoms with Crippen LogP contribution in [0.1, 0.15) is 34.3 Å². The first-order valence-electron chi connectivity index (χ1n) is 12.2. The van der Waals surface area contributed by atoms with E-state index in [1.165, 1.54) is 0 Å². The Morgan fingerprint density at radius 3 is 1.94 bits per heavy atom. The maximum absolute atomic E-state index is 13.4. The third kappa shape index (κ3) is 4.38. The van der Waals surface area contributed by atoms with Crippen molar-refractivity contribution in [1.82, 2.24) is 10.2 Å². The highest BCUT2D eigenvalue weighted by Gasteiger charge is 2.36. The Morgan fingerprint density at radius 1 is 0.861 bits per heavy atom. The lowest BCUT2D eigenvalue weighted by molar-refractivity contribution is -0.138. The lowest BCUT2D eigenvalue weighted by atomic mass is 9.95. The van der Waals surface area contributed by atoms with Crippen LogP contribution in [0.4, 0.5) is 5.69 Å². The zero-order valence-corrected chi connectivity index (χ0v) is 20.2. The summed E-state index contributed by atoms with van der Waals surface area (Å²) in [7, 11) is 0. The average Bonchev–Trinajstić information content (AvgIpc) is 3.26. The summed E-state index contributed by atoms with van der Waals surface area (Å²) in [6.45, 7) is 3.29. The number of amides is 2. The molecule has 7 nitrogen and oxygen atoms in total. The molecule has 5 rings (SSSR count). The van der Waals surface area contributed by atoms with Gasteiger partial charge in [-0.25, -0.2) is 0 Å². The molecular weight excluding hydrogens is 454 g/mol. The minimum absolute atomic E-state index is 0.0265. The van der Waals surface area contributed by atoms with Gasteiger partial charge in [-0.3, -0.25) is 14.4 Å². The normalized spacial score (nSPS) is 15.7. The van der Waals surface area contributed by atoms with Gasteiger partial charge in [-0.1, -0.05) is 48.5 Å². The Morgan fingerprint density at radius 2 is 1.42 bits per heavy atom. The number of ketones is 1. The summed E-state index contributed by atoms with van der Waals surface area (Å²) in [5.41, 5.74) is 5.52. The molecule has 184 valence electrons. The van der Waals surface area contributed by atoms with Crippen LogP contribution in [0.3, 0.4) is 0 Å². The second-order valence-corrected chi connectivity index (χ2v) is 9.27. The van der Waals surface area contributed by atoms with E-state index in [0.717, 1.165) is 27.9 Å². The number of nitrogens with zero attached hydrogens (tertiary/aromatic N) is 2. The molecule has 0 unspecified atom stereocenters. The molecule has 1 aliphatic carbocycles. The van der Waals surface area contributed by atoms with Gasteiger partial charge in [0.2, 0.25) is 11.8 Å². The summed E-state index contributed by atoms with van der Waals surface area (Å²) in [6.07, 6.45) is 0. The van der Waals surface area contributed by atoms with Crippen LogP contribution in [0.5, 0.6) is 0 Å². The summed E-state index contributed by atoms with van der Waals surface area (Å²) in [4.78, 5) is 42.0. The number of fused-ring (bicyclic) bond motifs is 3. The minimum Gasteiger partial charge on any atom is -0.394 e. The standard InChI is InChI=1S/C29H29N3O4/c1-19(34)20-10-12-21(13-11-20)31-14-16-32(17-15-31)29(36)26(18-33)30-28(35)27-24-8-4-2-6-22(24)23-7-3-5-9-25(23)27/h2-13,26-27,33H,14-18H2,1H3,(H,30,35)/t26-/m0/s1. The molecule has 0 saturated carbocycles. The molecule has 3 aromatic carbocycles. The monoisotopic (exact) mass is 483 g/mol. The van der Waals surface area contributed by atoms with Crippen molar-refractivity contribution in [3.63, 3.8) is 0 Å². The molecule has 1 atom stereocenters. The number of hydrogen-bond donors (Lipinski definition) is 2. The first kappa shape index (κ1) is 23.8. The summed E-state index contributed by atoms with van der Waals surface area (Å²) in [5, 5.41) is 12.8. The van der Waals surface area contributed by atoms with Gasteiger partial charge in [0.1, 0.15) is 6.04 Å². The lowest BCUT2D eigenvalue weighted by Gasteiger charge is -2.37. The highest BCUT2D eigenvalue weighted by atomic mass is 16.3. The van der Waals surface area contributed by atoms with Gasteiger partial charge in [0.15, 0.2) is 5.78 Å². The molecular formula is C29H29N3O4. The fraction of sp³-hybridized carbons (Fsp3) is 0.276. The van der Waals surface area contributed by atoms with E-state index in [1.807, 2.05) is 72.8 Å². The molecule has 2 amide bonds. The Bertz CT molecular complexity index is 1250. The number of carbonyl (C=O) groups excluding carboxylic acids is 3. The van der Waals surface area contributed by atoms with Crippen molar-refractivity contribution in [2.75, 3.05) is 37.7 Å². The molecule has 3 aromatic rings. The topological polar surface area (TPSA) is 90.0 Å². The van der Waals surface area contributed by atoms with Crippen LogP contribution in [0, 0.1) is 0 Å². The molecule has 0 spiro atoms. The number of aliphatic hydroxyl groups is 1. The van der Waals surface area contributed by atoms with Crippen LogP contribution < -0.4 is 10.2 Å². The Labute approximate surface area is 210 Å². The second-order valence-electron chi connectivity index (χ2n) is 9.27. The average molecular weight is 484 g/mol. The number of nitrogens with one attached hydrogen (secondary N) is 1. The van der Waals surface area contributed by atoms with Crippen LogP contribution in [-0.4, -0.2) is 66.4 Å². The molecule has 1 aliphatic heterocycles. The zero-order chi connectivity index (χ0) is 25.2. The molecule has 0 bridgehead atoms. The third-order valence-electron chi connectivity index (χ3n) is 7.12. The van der Waals surface area contributed by atoms with Gasteiger partial charge in [-0.05, 0) is 53.4 Å². The molecule has 1 heterocycles. The highest BCUT2D eigenvalue weighted by molar-refractivity contribution is 5.98. The quantitative estimate of drug-likeness (QED) is 0.527. The summed E-state index contributed by atoms with van der Waals surface area (Å²) in [5.74, 6) is -1.06. The zero-order valence-electron chi connectivity index (χ0n) is 20.2. The van der Waals surface area contributed by atoms with E-state index >= 15 is 0 Å². The van der Waals surface area contributed by atoms with E-state index in [9.17, 15) is 19.5 Å². The summed E-state index contributed by atoms with van der Waals surface area (Å²) >= 11 is 0. The maximum atomic E-state index is 13.4. The Kier molecular flexibility index (Phi) is 6.57. The van der Waals surface area contributed by atoms with Gasteiger partial charge in [0, 0.05) is 37.4 Å². The number of aliphatic hydroxyl groups excluding tert-OH is 1. The van der Waals surface area contributed by atoms with Gasteiger partial charge in [-0.2, -0.15) is 0 Å². The molecule has 0 radical (unpaired) electrons. The predicted molar refractivity (Wildman–Crippen MR) is 138 cm³/mol. The van der Waals surface area contributed by atoms with Crippen LogP contribution in [-0.2, 0) is 9.59 Å². The van der Waals surface area contributed by atoms with Crippen LogP contribution >= 0.6 is 0 Å². The smallest absolute Gasteiger partial charge is 0.247 e. The van der Waals surface area contributed by atoms with Crippen LogP contribution in [0.2, 0.25) is 0 Å². The number of carbonyl (C=O) groups is 3. The minimum atomic E-state index is -1.00.